The van der Waals surface area contributed by atoms with E-state index >= 15 is 0 Å². The van der Waals surface area contributed by atoms with E-state index in [1.54, 1.807) is 24.3 Å². The van der Waals surface area contributed by atoms with Gasteiger partial charge in [-0.3, -0.25) is 0 Å². The summed E-state index contributed by atoms with van der Waals surface area (Å²) < 4.78 is 36.9. The van der Waals surface area contributed by atoms with Crippen molar-refractivity contribution in [3.8, 4) is 5.75 Å². The lowest BCUT2D eigenvalue weighted by Gasteiger charge is -2.33. The van der Waals surface area contributed by atoms with Crippen molar-refractivity contribution >= 4 is 16.1 Å². The first-order valence-corrected chi connectivity index (χ1v) is 9.49. The number of carbonyl (C=O) groups is 1. The number of nitrogens with zero attached hydrogens (tertiary/aromatic N) is 2. The van der Waals surface area contributed by atoms with Gasteiger partial charge in [0.15, 0.2) is 0 Å². The highest BCUT2D eigenvalue weighted by atomic mass is 32.2. The predicted octanol–water partition coefficient (Wildman–Crippen LogP) is 1.94. The summed E-state index contributed by atoms with van der Waals surface area (Å²) in [6, 6.07) is 6.47. The van der Waals surface area contributed by atoms with Gasteiger partial charge in [-0.2, -0.15) is 4.31 Å². The van der Waals surface area contributed by atoms with Gasteiger partial charge in [0.05, 0.1) is 18.6 Å². The third kappa shape index (κ3) is 4.39. The average molecular weight is 356 g/mol. The zero-order chi connectivity index (χ0) is 17.6. The second-order valence-corrected chi connectivity index (χ2v) is 7.47. The molecule has 0 bridgehead atoms. The van der Waals surface area contributed by atoms with Gasteiger partial charge in [0.25, 0.3) is 0 Å². The van der Waals surface area contributed by atoms with Crippen molar-refractivity contribution in [1.82, 2.24) is 9.21 Å². The van der Waals surface area contributed by atoms with Gasteiger partial charge in [0.1, 0.15) is 5.75 Å². The van der Waals surface area contributed by atoms with E-state index in [-0.39, 0.29) is 18.0 Å². The Bertz CT molecular complexity index is 637. The second kappa shape index (κ2) is 8.34. The van der Waals surface area contributed by atoms with E-state index in [9.17, 15) is 13.2 Å². The molecule has 0 radical (unpaired) electrons. The van der Waals surface area contributed by atoms with Crippen molar-refractivity contribution in [3.63, 3.8) is 0 Å². The lowest BCUT2D eigenvalue weighted by molar-refractivity contribution is 0.108. The quantitative estimate of drug-likeness (QED) is 0.728. The number of benzene rings is 1. The van der Waals surface area contributed by atoms with Crippen molar-refractivity contribution in [2.45, 2.75) is 24.7 Å². The number of sulfonamides is 1. The summed E-state index contributed by atoms with van der Waals surface area (Å²) in [6.45, 7) is 3.86. The van der Waals surface area contributed by atoms with Crippen LogP contribution in [0.25, 0.3) is 0 Å². The summed E-state index contributed by atoms with van der Waals surface area (Å²) in [5.41, 5.74) is 0. The van der Waals surface area contributed by atoms with E-state index in [0.717, 1.165) is 12.8 Å². The molecule has 1 aliphatic heterocycles. The zero-order valence-electron chi connectivity index (χ0n) is 14.1. The Kier molecular flexibility index (Phi) is 6.44. The lowest BCUT2D eigenvalue weighted by atomic mass is 10.3. The molecule has 0 atom stereocenters. The molecule has 8 heteroatoms. The number of hydrogen-bond donors (Lipinski definition) is 0. The van der Waals surface area contributed by atoms with Crippen LogP contribution in [0.3, 0.4) is 0 Å². The fourth-order valence-electron chi connectivity index (χ4n) is 2.43. The van der Waals surface area contributed by atoms with E-state index in [4.69, 9.17) is 4.74 Å². The number of carbonyl (C=O) groups excluding carboxylic acids is 1. The van der Waals surface area contributed by atoms with Gasteiger partial charge >= 0.3 is 6.09 Å². The van der Waals surface area contributed by atoms with Gasteiger partial charge in [-0.05, 0) is 30.7 Å². The molecule has 1 fully saturated rings. The minimum atomic E-state index is -3.56. The van der Waals surface area contributed by atoms with Crippen molar-refractivity contribution in [1.29, 1.82) is 0 Å². The molecule has 1 aromatic carbocycles. The Labute approximate surface area is 143 Å². The third-order valence-corrected chi connectivity index (χ3v) is 5.81. The van der Waals surface area contributed by atoms with Crippen molar-refractivity contribution < 1.29 is 22.7 Å². The highest BCUT2D eigenvalue weighted by Gasteiger charge is 2.30. The van der Waals surface area contributed by atoms with Gasteiger partial charge in [0, 0.05) is 26.2 Å². The zero-order valence-corrected chi connectivity index (χ0v) is 14.9. The van der Waals surface area contributed by atoms with Gasteiger partial charge in [-0.25, -0.2) is 13.2 Å². The fourth-order valence-corrected chi connectivity index (χ4v) is 3.85. The molecular weight excluding hydrogens is 332 g/mol. The van der Waals surface area contributed by atoms with Crippen LogP contribution in [0.1, 0.15) is 19.8 Å². The summed E-state index contributed by atoms with van der Waals surface area (Å²) in [4.78, 5) is 13.2. The predicted molar refractivity (Wildman–Crippen MR) is 89.6 cm³/mol. The van der Waals surface area contributed by atoms with Crippen LogP contribution in [0.15, 0.2) is 29.2 Å². The van der Waals surface area contributed by atoms with Gasteiger partial charge in [0.2, 0.25) is 10.0 Å². The molecule has 134 valence electrons. The molecule has 0 aromatic heterocycles. The maximum atomic E-state index is 12.7. The molecule has 7 nitrogen and oxygen atoms in total. The van der Waals surface area contributed by atoms with Crippen LogP contribution in [0.4, 0.5) is 4.79 Å². The number of amides is 1. The SMILES string of the molecule is CCCCOc1ccc(S(=O)(=O)N2CCN(C(=O)OC)CC2)cc1. The molecule has 0 unspecified atom stereocenters. The van der Waals surface area contributed by atoms with Crippen LogP contribution in [0, 0.1) is 0 Å². The van der Waals surface area contributed by atoms with Gasteiger partial charge in [-0.15, -0.1) is 0 Å². The molecular formula is C16H24N2O5S. The van der Waals surface area contributed by atoms with Crippen LogP contribution >= 0.6 is 0 Å². The van der Waals surface area contributed by atoms with E-state index in [0.29, 0.717) is 25.4 Å². The maximum absolute atomic E-state index is 12.7. The first kappa shape index (κ1) is 18.5. The van der Waals surface area contributed by atoms with E-state index in [2.05, 4.69) is 11.7 Å². The Morgan fingerprint density at radius 1 is 1.12 bits per heavy atom. The molecule has 0 aliphatic carbocycles. The van der Waals surface area contributed by atoms with Gasteiger partial charge in [-0.1, -0.05) is 13.3 Å². The molecule has 0 spiro atoms. The van der Waals surface area contributed by atoms with E-state index in [1.807, 2.05) is 0 Å². The smallest absolute Gasteiger partial charge is 0.409 e. The Morgan fingerprint density at radius 2 is 1.75 bits per heavy atom. The summed E-state index contributed by atoms with van der Waals surface area (Å²) >= 11 is 0. The number of hydrogen-bond acceptors (Lipinski definition) is 5. The summed E-state index contributed by atoms with van der Waals surface area (Å²) in [6.07, 6.45) is 1.58. The minimum absolute atomic E-state index is 0.233. The molecule has 1 saturated heterocycles. The largest absolute Gasteiger partial charge is 0.494 e. The average Bonchev–Trinajstić information content (AvgIpc) is 2.62. The number of unbranched alkanes of at least 4 members (excludes halogenated alkanes) is 1. The number of piperazine rings is 1. The van der Waals surface area contributed by atoms with E-state index < -0.39 is 16.1 Å². The lowest BCUT2D eigenvalue weighted by Crippen LogP contribution is -2.50. The summed E-state index contributed by atoms with van der Waals surface area (Å²) in [5, 5.41) is 0. The van der Waals surface area contributed by atoms with Gasteiger partial charge < -0.3 is 14.4 Å². The molecule has 0 saturated carbocycles. The standard InChI is InChI=1S/C16H24N2O5S/c1-3-4-13-23-14-5-7-15(8-6-14)24(20,21)18-11-9-17(10-12-18)16(19)22-2/h5-8H,3-4,9-13H2,1-2H3. The van der Waals surface area contributed by atoms with Crippen LogP contribution in [0.5, 0.6) is 5.75 Å². The fraction of sp³-hybridized carbons (Fsp3) is 0.562. The van der Waals surface area contributed by atoms with Crippen LogP contribution in [-0.2, 0) is 14.8 Å². The first-order chi connectivity index (χ1) is 11.5. The highest BCUT2D eigenvalue weighted by molar-refractivity contribution is 7.89. The minimum Gasteiger partial charge on any atom is -0.494 e. The summed E-state index contributed by atoms with van der Waals surface area (Å²) in [5.74, 6) is 0.665. The Balaban J connectivity index is 1.99. The topological polar surface area (TPSA) is 76.2 Å². The monoisotopic (exact) mass is 356 g/mol. The number of rotatable bonds is 6. The highest BCUT2D eigenvalue weighted by Crippen LogP contribution is 2.21. The number of ether oxygens (including phenoxy) is 2. The van der Waals surface area contributed by atoms with E-state index in [1.165, 1.54) is 16.3 Å². The van der Waals surface area contributed by atoms with Crippen molar-refractivity contribution in [2.24, 2.45) is 0 Å². The maximum Gasteiger partial charge on any atom is 0.409 e. The molecule has 1 aromatic rings. The second-order valence-electron chi connectivity index (χ2n) is 5.53. The van der Waals surface area contributed by atoms with Crippen molar-refractivity contribution in [3.05, 3.63) is 24.3 Å². The Morgan fingerprint density at radius 3 is 2.29 bits per heavy atom. The van der Waals surface area contributed by atoms with Crippen LogP contribution in [0.2, 0.25) is 0 Å². The molecule has 0 N–H and O–H groups in total. The molecule has 1 aliphatic rings. The van der Waals surface area contributed by atoms with Crippen molar-refractivity contribution in [2.75, 3.05) is 39.9 Å². The third-order valence-electron chi connectivity index (χ3n) is 3.90. The van der Waals surface area contributed by atoms with Crippen LogP contribution < -0.4 is 4.74 Å². The first-order valence-electron chi connectivity index (χ1n) is 8.05. The summed E-state index contributed by atoms with van der Waals surface area (Å²) in [7, 11) is -2.25. The molecule has 24 heavy (non-hydrogen) atoms. The molecule has 1 heterocycles. The Hall–Kier alpha value is -1.80. The van der Waals surface area contributed by atoms with Crippen LogP contribution in [-0.4, -0.2) is 63.6 Å². The number of methoxy groups -OCH3 is 1. The normalized spacial score (nSPS) is 16.0. The molecule has 1 amide bonds. The molecule has 2 rings (SSSR count).